The van der Waals surface area contributed by atoms with Crippen LogP contribution in [0, 0.1) is 17.3 Å². The molecule has 88 valence electrons. The second kappa shape index (κ2) is 4.52. The highest BCUT2D eigenvalue weighted by Gasteiger charge is 2.51. The van der Waals surface area contributed by atoms with Crippen LogP contribution in [0.25, 0.3) is 0 Å². The minimum atomic E-state index is 0.233. The molecule has 0 bridgehead atoms. The summed E-state index contributed by atoms with van der Waals surface area (Å²) in [5.41, 5.74) is 5.81. The van der Waals surface area contributed by atoms with Crippen LogP contribution in [0.3, 0.4) is 0 Å². The molecule has 1 fully saturated rings. The van der Waals surface area contributed by atoms with E-state index < -0.39 is 0 Å². The van der Waals surface area contributed by atoms with Crippen molar-refractivity contribution in [2.45, 2.75) is 34.1 Å². The van der Waals surface area contributed by atoms with Crippen LogP contribution < -0.4 is 5.73 Å². The molecule has 15 heavy (non-hydrogen) atoms. The summed E-state index contributed by atoms with van der Waals surface area (Å²) in [7, 11) is 0. The van der Waals surface area contributed by atoms with Gasteiger partial charge in [-0.25, -0.2) is 0 Å². The summed E-state index contributed by atoms with van der Waals surface area (Å²) < 4.78 is 0. The summed E-state index contributed by atoms with van der Waals surface area (Å²) in [5, 5.41) is 0. The van der Waals surface area contributed by atoms with E-state index in [4.69, 9.17) is 5.73 Å². The average Bonchev–Trinajstić information content (AvgIpc) is 2.82. The lowest BCUT2D eigenvalue weighted by Crippen LogP contribution is -2.38. The molecule has 0 aromatic heterocycles. The molecule has 2 atom stereocenters. The van der Waals surface area contributed by atoms with E-state index in [2.05, 4.69) is 20.8 Å². The molecule has 0 aliphatic heterocycles. The normalized spacial score (nSPS) is 24.7. The highest BCUT2D eigenvalue weighted by atomic mass is 16.2. The fraction of sp³-hybridized carbons (Fsp3) is 0.917. The Balaban J connectivity index is 2.49. The summed E-state index contributed by atoms with van der Waals surface area (Å²) in [6, 6.07) is 0. The fourth-order valence-electron chi connectivity index (χ4n) is 1.93. The predicted molar refractivity (Wildman–Crippen MR) is 62.4 cm³/mol. The van der Waals surface area contributed by atoms with Gasteiger partial charge in [-0.05, 0) is 31.2 Å². The highest BCUT2D eigenvalue weighted by molar-refractivity contribution is 5.82. The van der Waals surface area contributed by atoms with Crippen molar-refractivity contribution in [3.63, 3.8) is 0 Å². The molecular weight excluding hydrogens is 188 g/mol. The van der Waals surface area contributed by atoms with E-state index in [0.717, 1.165) is 19.5 Å². The molecular formula is C12H24N2O. The minimum absolute atomic E-state index is 0.233. The van der Waals surface area contributed by atoms with Crippen LogP contribution >= 0.6 is 0 Å². The lowest BCUT2D eigenvalue weighted by Gasteiger charge is -2.24. The number of carbonyl (C=O) groups is 1. The number of hydrogen-bond donors (Lipinski definition) is 1. The van der Waals surface area contributed by atoms with Crippen molar-refractivity contribution in [1.82, 2.24) is 4.90 Å². The van der Waals surface area contributed by atoms with Gasteiger partial charge < -0.3 is 10.6 Å². The van der Waals surface area contributed by atoms with Crippen molar-refractivity contribution >= 4 is 5.91 Å². The van der Waals surface area contributed by atoms with Crippen molar-refractivity contribution in [2.75, 3.05) is 19.6 Å². The Hall–Kier alpha value is -0.570. The van der Waals surface area contributed by atoms with Gasteiger partial charge in [-0.15, -0.1) is 0 Å². The lowest BCUT2D eigenvalue weighted by atomic mass is 10.1. The number of amides is 1. The fourth-order valence-corrected chi connectivity index (χ4v) is 1.93. The summed E-state index contributed by atoms with van der Waals surface area (Å²) in [5.74, 6) is 0.973. The van der Waals surface area contributed by atoms with E-state index in [9.17, 15) is 4.79 Å². The SMILES string of the molecule is CCN(CC(C)CN)C(=O)C1CC1(C)C. The summed E-state index contributed by atoms with van der Waals surface area (Å²) in [4.78, 5) is 14.0. The lowest BCUT2D eigenvalue weighted by molar-refractivity contribution is -0.133. The molecule has 2 unspecified atom stereocenters. The van der Waals surface area contributed by atoms with E-state index in [1.807, 2.05) is 11.8 Å². The average molecular weight is 212 g/mol. The zero-order valence-corrected chi connectivity index (χ0v) is 10.4. The largest absolute Gasteiger partial charge is 0.342 e. The molecule has 1 saturated carbocycles. The molecule has 1 amide bonds. The summed E-state index contributed by atoms with van der Waals surface area (Å²) >= 11 is 0. The van der Waals surface area contributed by atoms with Gasteiger partial charge in [0.05, 0.1) is 0 Å². The van der Waals surface area contributed by atoms with Gasteiger partial charge in [-0.2, -0.15) is 0 Å². The zero-order chi connectivity index (χ0) is 11.6. The van der Waals surface area contributed by atoms with Crippen molar-refractivity contribution in [1.29, 1.82) is 0 Å². The molecule has 0 saturated heterocycles. The van der Waals surface area contributed by atoms with Gasteiger partial charge in [0.15, 0.2) is 0 Å². The molecule has 0 aromatic carbocycles. The Morgan fingerprint density at radius 3 is 2.47 bits per heavy atom. The van der Waals surface area contributed by atoms with E-state index >= 15 is 0 Å². The van der Waals surface area contributed by atoms with Gasteiger partial charge in [0.1, 0.15) is 0 Å². The van der Waals surface area contributed by atoms with Crippen LogP contribution in [-0.4, -0.2) is 30.4 Å². The van der Waals surface area contributed by atoms with E-state index in [-0.39, 0.29) is 11.3 Å². The Bertz CT molecular complexity index is 238. The van der Waals surface area contributed by atoms with Gasteiger partial charge in [-0.3, -0.25) is 4.79 Å². The molecule has 1 aliphatic rings. The van der Waals surface area contributed by atoms with E-state index in [1.54, 1.807) is 0 Å². The van der Waals surface area contributed by atoms with Gasteiger partial charge in [0.2, 0.25) is 5.91 Å². The predicted octanol–water partition coefficient (Wildman–Crippen LogP) is 1.48. The molecule has 0 spiro atoms. The van der Waals surface area contributed by atoms with E-state index in [0.29, 0.717) is 18.4 Å². The molecule has 2 N–H and O–H groups in total. The molecule has 1 rings (SSSR count). The number of carbonyl (C=O) groups excluding carboxylic acids is 1. The third-order valence-corrected chi connectivity index (χ3v) is 3.44. The second-order valence-corrected chi connectivity index (χ2v) is 5.46. The maximum Gasteiger partial charge on any atom is 0.226 e. The van der Waals surface area contributed by atoms with Gasteiger partial charge in [0, 0.05) is 19.0 Å². The maximum atomic E-state index is 12.1. The first-order chi connectivity index (χ1) is 6.92. The quantitative estimate of drug-likeness (QED) is 0.750. The monoisotopic (exact) mass is 212 g/mol. The molecule has 0 heterocycles. The number of hydrogen-bond acceptors (Lipinski definition) is 2. The smallest absolute Gasteiger partial charge is 0.226 e. The standard InChI is InChI=1S/C12H24N2O/c1-5-14(8-9(2)7-13)11(15)10-6-12(10,3)4/h9-10H,5-8,13H2,1-4H3. The summed E-state index contributed by atoms with van der Waals surface area (Å²) in [6.07, 6.45) is 1.04. The van der Waals surface area contributed by atoms with Gasteiger partial charge >= 0.3 is 0 Å². The number of nitrogens with two attached hydrogens (primary N) is 1. The Kier molecular flexibility index (Phi) is 3.77. The Morgan fingerprint density at radius 2 is 2.13 bits per heavy atom. The van der Waals surface area contributed by atoms with Crippen LogP contribution in [0.1, 0.15) is 34.1 Å². The van der Waals surface area contributed by atoms with Crippen molar-refractivity contribution in [3.05, 3.63) is 0 Å². The topological polar surface area (TPSA) is 46.3 Å². The van der Waals surface area contributed by atoms with Crippen LogP contribution in [0.4, 0.5) is 0 Å². The molecule has 1 aliphatic carbocycles. The summed E-state index contributed by atoms with van der Waals surface area (Å²) in [6.45, 7) is 10.7. The first-order valence-electron chi connectivity index (χ1n) is 5.91. The van der Waals surface area contributed by atoms with E-state index in [1.165, 1.54) is 0 Å². The van der Waals surface area contributed by atoms with Crippen LogP contribution in [0.5, 0.6) is 0 Å². The first kappa shape index (κ1) is 12.5. The maximum absolute atomic E-state index is 12.1. The molecule has 0 radical (unpaired) electrons. The molecule has 3 nitrogen and oxygen atoms in total. The van der Waals surface area contributed by atoms with Gasteiger partial charge in [-0.1, -0.05) is 20.8 Å². The highest BCUT2D eigenvalue weighted by Crippen LogP contribution is 2.52. The minimum Gasteiger partial charge on any atom is -0.342 e. The van der Waals surface area contributed by atoms with Crippen molar-refractivity contribution in [3.8, 4) is 0 Å². The third-order valence-electron chi connectivity index (χ3n) is 3.44. The Morgan fingerprint density at radius 1 is 1.60 bits per heavy atom. The Labute approximate surface area is 93.0 Å². The molecule has 3 heteroatoms. The van der Waals surface area contributed by atoms with Crippen molar-refractivity contribution in [2.24, 2.45) is 23.0 Å². The number of nitrogens with zero attached hydrogens (tertiary/aromatic N) is 1. The van der Waals surface area contributed by atoms with Crippen LogP contribution in [0.2, 0.25) is 0 Å². The van der Waals surface area contributed by atoms with Gasteiger partial charge in [0.25, 0.3) is 0 Å². The zero-order valence-electron chi connectivity index (χ0n) is 10.4. The van der Waals surface area contributed by atoms with Crippen molar-refractivity contribution < 1.29 is 4.79 Å². The molecule has 0 aromatic rings. The van der Waals surface area contributed by atoms with Crippen LogP contribution in [0.15, 0.2) is 0 Å². The first-order valence-corrected chi connectivity index (χ1v) is 5.91. The third kappa shape index (κ3) is 2.94. The second-order valence-electron chi connectivity index (χ2n) is 5.46. The van der Waals surface area contributed by atoms with Crippen LogP contribution in [-0.2, 0) is 4.79 Å². The number of rotatable bonds is 5.